The topological polar surface area (TPSA) is 90.4 Å². The van der Waals surface area contributed by atoms with Gasteiger partial charge in [0.15, 0.2) is 0 Å². The van der Waals surface area contributed by atoms with Crippen molar-refractivity contribution >= 4 is 15.7 Å². The normalized spacial score (nSPS) is 10.9. The summed E-state index contributed by atoms with van der Waals surface area (Å²) in [7, 11) is -0.939. The molecule has 106 valence electrons. The lowest BCUT2D eigenvalue weighted by atomic mass is 10.3. The molecule has 1 aromatic carbocycles. The third-order valence-electron chi connectivity index (χ3n) is 2.42. The molecule has 0 spiro atoms. The molecule has 0 aliphatic carbocycles. The minimum absolute atomic E-state index is 0.0401. The summed E-state index contributed by atoms with van der Waals surface area (Å²) in [5.74, 6) is 0.259. The molecule has 0 fully saturated rings. The second kappa shape index (κ2) is 5.74. The zero-order valence-electron chi connectivity index (χ0n) is 10.9. The van der Waals surface area contributed by atoms with E-state index < -0.39 is 10.0 Å². The molecule has 0 amide bonds. The van der Waals surface area contributed by atoms with E-state index in [1.165, 1.54) is 32.7 Å². The molecule has 1 N–H and O–H groups in total. The van der Waals surface area contributed by atoms with Crippen LogP contribution in [0.2, 0.25) is 0 Å². The molecule has 0 atom stereocenters. The van der Waals surface area contributed by atoms with E-state index >= 15 is 0 Å². The van der Waals surface area contributed by atoms with Crippen molar-refractivity contribution in [1.29, 1.82) is 0 Å². The van der Waals surface area contributed by atoms with Gasteiger partial charge in [0, 0.05) is 0 Å². The summed E-state index contributed by atoms with van der Waals surface area (Å²) in [6, 6.07) is 6.48. The molecule has 0 bridgehead atoms. The lowest BCUT2D eigenvalue weighted by Crippen LogP contribution is -2.14. The monoisotopic (exact) mass is 295 g/mol. The van der Waals surface area contributed by atoms with Crippen LogP contribution in [0.1, 0.15) is 0 Å². The van der Waals surface area contributed by atoms with Crippen LogP contribution in [0.15, 0.2) is 41.6 Å². The average molecular weight is 295 g/mol. The Kier molecular flexibility index (Phi) is 4.04. The van der Waals surface area contributed by atoms with Crippen LogP contribution < -0.4 is 14.2 Å². The zero-order valence-corrected chi connectivity index (χ0v) is 11.7. The summed E-state index contributed by atoms with van der Waals surface area (Å²) < 4.78 is 36.7. The summed E-state index contributed by atoms with van der Waals surface area (Å²) in [5.41, 5.74) is 0.233. The number of nitrogens with one attached hydrogen (secondary N) is 1. The van der Waals surface area contributed by atoms with Crippen molar-refractivity contribution in [3.05, 3.63) is 36.7 Å². The number of ether oxygens (including phenoxy) is 2. The summed E-state index contributed by atoms with van der Waals surface area (Å²) in [6.45, 7) is 0. The molecular formula is C12H13N3O4S. The van der Waals surface area contributed by atoms with Gasteiger partial charge in [-0.25, -0.2) is 18.4 Å². The summed E-state index contributed by atoms with van der Waals surface area (Å²) in [6.07, 6.45) is 2.64. The van der Waals surface area contributed by atoms with Crippen molar-refractivity contribution in [3.8, 4) is 11.8 Å². The fourth-order valence-electron chi connectivity index (χ4n) is 1.53. The maximum absolute atomic E-state index is 12.3. The van der Waals surface area contributed by atoms with E-state index in [2.05, 4.69) is 14.7 Å². The Bertz CT molecular complexity index is 686. The lowest BCUT2D eigenvalue weighted by molar-refractivity contribution is 0.380. The van der Waals surface area contributed by atoms with Crippen LogP contribution in [0.25, 0.3) is 0 Å². The smallest absolute Gasteiger partial charge is 0.316 e. The molecule has 8 heteroatoms. The Morgan fingerprint density at radius 1 is 1.05 bits per heavy atom. The third kappa shape index (κ3) is 2.97. The number of benzene rings is 1. The van der Waals surface area contributed by atoms with Gasteiger partial charge < -0.3 is 9.47 Å². The van der Waals surface area contributed by atoms with Gasteiger partial charge in [-0.2, -0.15) is 0 Å². The van der Waals surface area contributed by atoms with Gasteiger partial charge in [0.1, 0.15) is 10.6 Å². The fraction of sp³-hybridized carbons (Fsp3) is 0.167. The zero-order chi connectivity index (χ0) is 14.6. The van der Waals surface area contributed by atoms with Gasteiger partial charge in [0.05, 0.1) is 32.3 Å². The molecule has 1 aromatic heterocycles. The Balaban J connectivity index is 2.30. The molecule has 0 saturated heterocycles. The number of methoxy groups -OCH3 is 2. The minimum Gasteiger partial charge on any atom is -0.495 e. The second-order valence-electron chi connectivity index (χ2n) is 3.71. The Morgan fingerprint density at radius 3 is 2.30 bits per heavy atom. The van der Waals surface area contributed by atoms with Crippen molar-refractivity contribution in [2.24, 2.45) is 0 Å². The minimum atomic E-state index is -3.77. The van der Waals surface area contributed by atoms with E-state index in [1.54, 1.807) is 18.2 Å². The maximum Gasteiger partial charge on any atom is 0.316 e. The number of sulfonamides is 1. The van der Waals surface area contributed by atoms with Crippen molar-refractivity contribution in [3.63, 3.8) is 0 Å². The van der Waals surface area contributed by atoms with E-state index in [0.717, 1.165) is 0 Å². The van der Waals surface area contributed by atoms with E-state index in [9.17, 15) is 8.42 Å². The van der Waals surface area contributed by atoms with Crippen LogP contribution in [-0.2, 0) is 10.0 Å². The summed E-state index contributed by atoms with van der Waals surface area (Å²) >= 11 is 0. The molecule has 0 aliphatic heterocycles. The molecular weight excluding hydrogens is 282 g/mol. The van der Waals surface area contributed by atoms with Crippen LogP contribution in [0.4, 0.5) is 5.69 Å². The van der Waals surface area contributed by atoms with Crippen LogP contribution in [0, 0.1) is 0 Å². The van der Waals surface area contributed by atoms with Crippen molar-refractivity contribution in [2.75, 3.05) is 18.9 Å². The standard InChI is InChI=1S/C12H13N3O4S/c1-18-10-5-3-4-6-11(10)20(16,17)15-9-7-13-12(19-2)14-8-9/h3-8,15H,1-2H3. The first-order valence-corrected chi connectivity index (χ1v) is 7.07. The number of rotatable bonds is 5. The highest BCUT2D eigenvalue weighted by Gasteiger charge is 2.19. The Labute approximate surface area is 116 Å². The van der Waals surface area contributed by atoms with Gasteiger partial charge in [-0.05, 0) is 12.1 Å². The largest absolute Gasteiger partial charge is 0.495 e. The van der Waals surface area contributed by atoms with Gasteiger partial charge in [-0.1, -0.05) is 12.1 Å². The molecule has 0 unspecified atom stereocenters. The highest BCUT2D eigenvalue weighted by atomic mass is 32.2. The molecule has 1 heterocycles. The lowest BCUT2D eigenvalue weighted by Gasteiger charge is -2.10. The summed E-state index contributed by atoms with van der Waals surface area (Å²) in [4.78, 5) is 7.69. The van der Waals surface area contributed by atoms with Crippen LogP contribution in [0.3, 0.4) is 0 Å². The van der Waals surface area contributed by atoms with E-state index in [0.29, 0.717) is 0 Å². The van der Waals surface area contributed by atoms with Crippen LogP contribution in [0.5, 0.6) is 11.8 Å². The summed E-state index contributed by atoms with van der Waals surface area (Å²) in [5, 5.41) is 0. The number of para-hydroxylation sites is 1. The van der Waals surface area contributed by atoms with Crippen molar-refractivity contribution in [2.45, 2.75) is 4.90 Å². The van der Waals surface area contributed by atoms with E-state index in [4.69, 9.17) is 9.47 Å². The van der Waals surface area contributed by atoms with Gasteiger partial charge in [-0.15, -0.1) is 0 Å². The number of aromatic nitrogens is 2. The van der Waals surface area contributed by atoms with Gasteiger partial charge >= 0.3 is 6.01 Å². The van der Waals surface area contributed by atoms with Crippen LogP contribution in [-0.4, -0.2) is 32.6 Å². The quantitative estimate of drug-likeness (QED) is 0.894. The van der Waals surface area contributed by atoms with E-state index in [-0.39, 0.29) is 22.3 Å². The van der Waals surface area contributed by atoms with Crippen molar-refractivity contribution < 1.29 is 17.9 Å². The van der Waals surface area contributed by atoms with Gasteiger partial charge in [0.2, 0.25) is 0 Å². The van der Waals surface area contributed by atoms with Gasteiger partial charge in [0.25, 0.3) is 10.0 Å². The molecule has 0 aliphatic rings. The molecule has 0 saturated carbocycles. The Morgan fingerprint density at radius 2 is 1.70 bits per heavy atom. The third-order valence-corrected chi connectivity index (χ3v) is 3.84. The molecule has 7 nitrogen and oxygen atoms in total. The van der Waals surface area contributed by atoms with Gasteiger partial charge in [-0.3, -0.25) is 4.72 Å². The molecule has 2 rings (SSSR count). The number of hydrogen-bond acceptors (Lipinski definition) is 6. The SMILES string of the molecule is COc1ncc(NS(=O)(=O)c2ccccc2OC)cn1. The first kappa shape index (κ1) is 14.1. The fourth-order valence-corrected chi connectivity index (χ4v) is 2.72. The second-order valence-corrected chi connectivity index (χ2v) is 5.37. The molecule has 2 aromatic rings. The van der Waals surface area contributed by atoms with Crippen LogP contribution >= 0.6 is 0 Å². The first-order chi connectivity index (χ1) is 9.56. The number of anilines is 1. The van der Waals surface area contributed by atoms with Crippen molar-refractivity contribution in [1.82, 2.24) is 9.97 Å². The average Bonchev–Trinajstić information content (AvgIpc) is 2.47. The highest BCUT2D eigenvalue weighted by Crippen LogP contribution is 2.24. The predicted octanol–water partition coefficient (Wildman–Crippen LogP) is 1.29. The predicted molar refractivity (Wildman–Crippen MR) is 72.4 cm³/mol. The number of hydrogen-bond donors (Lipinski definition) is 1. The number of nitrogens with zero attached hydrogens (tertiary/aromatic N) is 2. The maximum atomic E-state index is 12.3. The molecule has 20 heavy (non-hydrogen) atoms. The Hall–Kier alpha value is -2.35. The molecule has 0 radical (unpaired) electrons. The highest BCUT2D eigenvalue weighted by molar-refractivity contribution is 7.92. The van der Waals surface area contributed by atoms with E-state index in [1.807, 2.05) is 0 Å². The first-order valence-electron chi connectivity index (χ1n) is 5.58.